The first kappa shape index (κ1) is 22.3. The van der Waals surface area contributed by atoms with Crippen molar-refractivity contribution < 1.29 is 13.2 Å². The summed E-state index contributed by atoms with van der Waals surface area (Å²) in [5, 5.41) is 0. The average Bonchev–Trinajstić information content (AvgIpc) is 3.24. The van der Waals surface area contributed by atoms with Crippen LogP contribution in [0.2, 0.25) is 0 Å². The predicted octanol–water partition coefficient (Wildman–Crippen LogP) is 5.64. The predicted molar refractivity (Wildman–Crippen MR) is 133 cm³/mol. The van der Waals surface area contributed by atoms with Crippen molar-refractivity contribution in [1.82, 2.24) is 14.3 Å². The fourth-order valence-corrected chi connectivity index (χ4v) is 5.69. The van der Waals surface area contributed by atoms with Crippen LogP contribution in [0.25, 0.3) is 22.4 Å². The van der Waals surface area contributed by atoms with E-state index in [2.05, 4.69) is 40.5 Å². The van der Waals surface area contributed by atoms with Crippen LogP contribution >= 0.6 is 0 Å². The van der Waals surface area contributed by atoms with Crippen LogP contribution < -0.4 is 4.72 Å². The average molecular weight is 474 g/mol. The van der Waals surface area contributed by atoms with Crippen molar-refractivity contribution in [3.05, 3.63) is 83.9 Å². The van der Waals surface area contributed by atoms with Gasteiger partial charge in [-0.2, -0.15) is 0 Å². The number of carbonyl (C=O) groups is 1. The lowest BCUT2D eigenvalue weighted by atomic mass is 9.94. The van der Waals surface area contributed by atoms with Gasteiger partial charge < -0.3 is 4.57 Å². The van der Waals surface area contributed by atoms with Crippen LogP contribution in [-0.2, 0) is 10.0 Å². The van der Waals surface area contributed by atoms with Gasteiger partial charge in [0.15, 0.2) is 0 Å². The minimum Gasteiger partial charge on any atom is -0.321 e. The Bertz CT molecular complexity index is 1440. The van der Waals surface area contributed by atoms with Crippen molar-refractivity contribution in [1.29, 1.82) is 0 Å². The van der Waals surface area contributed by atoms with Gasteiger partial charge in [0, 0.05) is 17.2 Å². The molecule has 34 heavy (non-hydrogen) atoms. The Kier molecular flexibility index (Phi) is 5.96. The number of aryl methyl sites for hydroxylation is 1. The van der Waals surface area contributed by atoms with Gasteiger partial charge in [0.2, 0.25) is 0 Å². The number of rotatable bonds is 5. The highest BCUT2D eigenvalue weighted by molar-refractivity contribution is 7.90. The van der Waals surface area contributed by atoms with Crippen LogP contribution in [0.15, 0.2) is 77.7 Å². The van der Waals surface area contributed by atoms with E-state index in [4.69, 9.17) is 4.98 Å². The number of carbonyl (C=O) groups excluding carboxylic acids is 1. The second-order valence-electron chi connectivity index (χ2n) is 8.91. The molecule has 5 rings (SSSR count). The van der Waals surface area contributed by atoms with Gasteiger partial charge in [-0.15, -0.1) is 0 Å². The lowest BCUT2D eigenvalue weighted by molar-refractivity contribution is 0.0981. The molecule has 174 valence electrons. The van der Waals surface area contributed by atoms with E-state index in [1.54, 1.807) is 30.3 Å². The highest BCUT2D eigenvalue weighted by Gasteiger charge is 2.24. The number of hydrogen-bond acceptors (Lipinski definition) is 4. The highest BCUT2D eigenvalue weighted by atomic mass is 32.2. The molecule has 1 saturated carbocycles. The summed E-state index contributed by atoms with van der Waals surface area (Å²) in [6.07, 6.45) is 5.83. The molecular weight excluding hydrogens is 446 g/mol. The van der Waals surface area contributed by atoms with E-state index >= 15 is 0 Å². The molecule has 3 aromatic carbocycles. The molecule has 7 heteroatoms. The van der Waals surface area contributed by atoms with Gasteiger partial charge in [0.25, 0.3) is 15.9 Å². The van der Waals surface area contributed by atoms with Gasteiger partial charge in [0.1, 0.15) is 5.82 Å². The van der Waals surface area contributed by atoms with Crippen molar-refractivity contribution in [3.63, 3.8) is 0 Å². The second-order valence-corrected chi connectivity index (χ2v) is 10.6. The van der Waals surface area contributed by atoms with Gasteiger partial charge in [-0.05, 0) is 50.1 Å². The van der Waals surface area contributed by atoms with Crippen LogP contribution in [-0.4, -0.2) is 23.9 Å². The van der Waals surface area contributed by atoms with Gasteiger partial charge in [0.05, 0.1) is 15.9 Å². The monoisotopic (exact) mass is 473 g/mol. The van der Waals surface area contributed by atoms with Gasteiger partial charge in [-0.25, -0.2) is 18.1 Å². The molecule has 1 aromatic heterocycles. The normalized spacial score (nSPS) is 14.9. The summed E-state index contributed by atoms with van der Waals surface area (Å²) in [5.74, 6) is 0.214. The molecule has 1 aliphatic carbocycles. The molecule has 0 atom stereocenters. The molecule has 0 aliphatic heterocycles. The molecule has 1 amide bonds. The van der Waals surface area contributed by atoms with Crippen molar-refractivity contribution in [2.24, 2.45) is 0 Å². The van der Waals surface area contributed by atoms with Crippen LogP contribution in [0.3, 0.4) is 0 Å². The van der Waals surface area contributed by atoms with Crippen LogP contribution in [0.4, 0.5) is 0 Å². The third kappa shape index (κ3) is 4.35. The molecule has 1 N–H and O–H groups in total. The summed E-state index contributed by atoms with van der Waals surface area (Å²) in [5.41, 5.74) is 4.12. The first-order valence-corrected chi connectivity index (χ1v) is 13.1. The Morgan fingerprint density at radius 1 is 0.941 bits per heavy atom. The number of hydrogen-bond donors (Lipinski definition) is 1. The molecule has 4 aromatic rings. The lowest BCUT2D eigenvalue weighted by Crippen LogP contribution is -2.30. The van der Waals surface area contributed by atoms with Crippen LogP contribution in [0, 0.1) is 6.92 Å². The molecule has 1 heterocycles. The van der Waals surface area contributed by atoms with Gasteiger partial charge in [-0.1, -0.05) is 67.3 Å². The Morgan fingerprint density at radius 3 is 2.35 bits per heavy atom. The maximum Gasteiger partial charge on any atom is 0.265 e. The van der Waals surface area contributed by atoms with Crippen molar-refractivity contribution in [2.45, 2.75) is 50.0 Å². The van der Waals surface area contributed by atoms with E-state index in [-0.39, 0.29) is 10.5 Å². The lowest BCUT2D eigenvalue weighted by Gasteiger charge is -2.25. The number of sulfonamides is 1. The van der Waals surface area contributed by atoms with E-state index in [0.717, 1.165) is 29.7 Å². The summed E-state index contributed by atoms with van der Waals surface area (Å²) in [6, 6.07) is 21.8. The molecule has 0 bridgehead atoms. The molecule has 0 unspecified atom stereocenters. The Morgan fingerprint density at radius 2 is 1.65 bits per heavy atom. The molecular formula is C27H27N3O3S. The van der Waals surface area contributed by atoms with Crippen molar-refractivity contribution >= 4 is 27.0 Å². The second kappa shape index (κ2) is 9.06. The number of nitrogens with one attached hydrogen (secondary N) is 1. The smallest absolute Gasteiger partial charge is 0.265 e. The minimum atomic E-state index is -3.95. The third-order valence-electron chi connectivity index (χ3n) is 6.48. The Balaban J connectivity index is 1.54. The molecule has 0 saturated heterocycles. The number of fused-ring (bicyclic) bond motifs is 1. The summed E-state index contributed by atoms with van der Waals surface area (Å²) in [4.78, 5) is 17.8. The van der Waals surface area contributed by atoms with Crippen LogP contribution in [0.1, 0.15) is 54.1 Å². The first-order chi connectivity index (χ1) is 16.4. The summed E-state index contributed by atoms with van der Waals surface area (Å²) < 4.78 is 29.7. The van der Waals surface area contributed by atoms with E-state index in [1.165, 1.54) is 37.0 Å². The van der Waals surface area contributed by atoms with E-state index in [0.29, 0.717) is 11.6 Å². The van der Waals surface area contributed by atoms with E-state index in [9.17, 15) is 13.2 Å². The van der Waals surface area contributed by atoms with Gasteiger partial charge >= 0.3 is 0 Å². The third-order valence-corrected chi connectivity index (χ3v) is 7.83. The maximum atomic E-state index is 12.9. The Labute approximate surface area is 199 Å². The molecule has 0 spiro atoms. The quantitative estimate of drug-likeness (QED) is 0.407. The topological polar surface area (TPSA) is 81.1 Å². The number of imidazole rings is 1. The number of benzene rings is 3. The zero-order valence-corrected chi connectivity index (χ0v) is 19.9. The highest BCUT2D eigenvalue weighted by Crippen LogP contribution is 2.36. The summed E-state index contributed by atoms with van der Waals surface area (Å²) in [6.45, 7) is 2.06. The largest absolute Gasteiger partial charge is 0.321 e. The Hall–Kier alpha value is -3.45. The van der Waals surface area contributed by atoms with Gasteiger partial charge in [-0.3, -0.25) is 4.79 Å². The fraction of sp³-hybridized carbons (Fsp3) is 0.259. The SMILES string of the molecule is Cc1ccc(-c2nc3cc(C(=O)NS(=O)(=O)c4ccccc4)ccc3n2C2CCCCC2)cc1. The zero-order chi connectivity index (χ0) is 23.7. The zero-order valence-electron chi connectivity index (χ0n) is 19.1. The number of amides is 1. The maximum absolute atomic E-state index is 12.9. The molecule has 1 aliphatic rings. The number of aromatic nitrogens is 2. The van der Waals surface area contributed by atoms with Crippen LogP contribution in [0.5, 0.6) is 0 Å². The standard InChI is InChI=1S/C27H27N3O3S/c1-19-12-14-20(15-13-19)26-28-24-18-21(16-17-25(24)30(26)22-8-4-2-5-9-22)27(31)29-34(32,33)23-10-6-3-7-11-23/h3,6-7,10-18,22H,2,4-5,8-9H2,1H3,(H,29,31). The molecule has 0 radical (unpaired) electrons. The molecule has 6 nitrogen and oxygen atoms in total. The van der Waals surface area contributed by atoms with Crippen molar-refractivity contribution in [3.8, 4) is 11.4 Å². The number of nitrogens with zero attached hydrogens (tertiary/aromatic N) is 2. The summed E-state index contributed by atoms with van der Waals surface area (Å²) in [7, 11) is -3.95. The van der Waals surface area contributed by atoms with E-state index in [1.807, 2.05) is 6.07 Å². The van der Waals surface area contributed by atoms with Crippen molar-refractivity contribution in [2.75, 3.05) is 0 Å². The van der Waals surface area contributed by atoms with E-state index < -0.39 is 15.9 Å². The first-order valence-electron chi connectivity index (χ1n) is 11.6. The molecule has 1 fully saturated rings. The fourth-order valence-electron chi connectivity index (χ4n) is 4.69. The summed E-state index contributed by atoms with van der Waals surface area (Å²) >= 11 is 0. The minimum absolute atomic E-state index is 0.0488.